The third kappa shape index (κ3) is 4.99. The maximum absolute atomic E-state index is 13.4. The van der Waals surface area contributed by atoms with Crippen LogP contribution in [0, 0.1) is 5.92 Å². The van der Waals surface area contributed by atoms with E-state index in [0.717, 1.165) is 47.6 Å². The van der Waals surface area contributed by atoms with Gasteiger partial charge in [-0.2, -0.15) is 0 Å². The average molecular weight is 449 g/mol. The number of amides is 1. The van der Waals surface area contributed by atoms with Crippen molar-refractivity contribution in [2.24, 2.45) is 5.92 Å². The zero-order valence-electron chi connectivity index (χ0n) is 19.0. The number of aromatic nitrogens is 2. The molecular formula is C29H28N4O. The maximum Gasteiger partial charge on any atom is 0.225 e. The predicted octanol–water partition coefficient (Wildman–Crippen LogP) is 5.27. The van der Waals surface area contributed by atoms with E-state index in [2.05, 4.69) is 44.7 Å². The maximum atomic E-state index is 13.4. The van der Waals surface area contributed by atoms with Crippen molar-refractivity contribution >= 4 is 11.7 Å². The minimum atomic E-state index is -0.171. The second-order valence-corrected chi connectivity index (χ2v) is 8.69. The van der Waals surface area contributed by atoms with Crippen LogP contribution in [0.4, 0.5) is 5.82 Å². The Kier molecular flexibility index (Phi) is 6.61. The van der Waals surface area contributed by atoms with Crippen LogP contribution in [-0.2, 0) is 4.79 Å². The fourth-order valence-corrected chi connectivity index (χ4v) is 4.57. The second-order valence-electron chi connectivity index (χ2n) is 8.69. The lowest BCUT2D eigenvalue weighted by Gasteiger charge is -2.33. The van der Waals surface area contributed by atoms with Crippen LogP contribution in [0.25, 0.3) is 11.3 Å². The van der Waals surface area contributed by atoms with Gasteiger partial charge in [0.1, 0.15) is 0 Å². The van der Waals surface area contributed by atoms with Crippen LogP contribution in [-0.4, -0.2) is 29.2 Å². The Balaban J connectivity index is 1.30. The van der Waals surface area contributed by atoms with Crippen LogP contribution >= 0.6 is 0 Å². The average Bonchev–Trinajstić information content (AvgIpc) is 2.93. The first-order chi connectivity index (χ1) is 16.8. The highest BCUT2D eigenvalue weighted by Gasteiger charge is 2.29. The largest absolute Gasteiger partial charge is 0.354 e. The summed E-state index contributed by atoms with van der Waals surface area (Å²) >= 11 is 0. The van der Waals surface area contributed by atoms with Gasteiger partial charge in [-0.3, -0.25) is 4.79 Å². The fraction of sp³-hybridized carbons (Fsp3) is 0.207. The van der Waals surface area contributed by atoms with Crippen molar-refractivity contribution < 1.29 is 4.79 Å². The standard InChI is InChI=1S/C29H28N4O/c34-29(30-28(23-13-6-2-7-14-23)24-15-8-3-9-16-24)25-17-10-20-33(21-25)27-19-18-26(31-32-27)22-11-4-1-5-12-22/h1-9,11-16,18-19,25,28H,10,17,20-21H2,(H,30,34). The summed E-state index contributed by atoms with van der Waals surface area (Å²) in [6.07, 6.45) is 1.82. The number of nitrogens with one attached hydrogen (secondary N) is 1. The van der Waals surface area contributed by atoms with E-state index in [4.69, 9.17) is 0 Å². The van der Waals surface area contributed by atoms with Crippen LogP contribution < -0.4 is 10.2 Å². The Labute approximate surface area is 200 Å². The Hall–Kier alpha value is -3.99. The molecule has 1 saturated heterocycles. The molecule has 0 radical (unpaired) electrons. The molecule has 1 aromatic heterocycles. The van der Waals surface area contributed by atoms with Gasteiger partial charge in [-0.1, -0.05) is 91.0 Å². The van der Waals surface area contributed by atoms with Gasteiger partial charge >= 0.3 is 0 Å². The van der Waals surface area contributed by atoms with E-state index in [9.17, 15) is 4.79 Å². The molecular weight excluding hydrogens is 420 g/mol. The van der Waals surface area contributed by atoms with E-state index < -0.39 is 0 Å². The van der Waals surface area contributed by atoms with Gasteiger partial charge in [-0.05, 0) is 36.1 Å². The lowest BCUT2D eigenvalue weighted by atomic mass is 9.94. The molecule has 3 aromatic carbocycles. The summed E-state index contributed by atoms with van der Waals surface area (Å²) in [6.45, 7) is 1.52. The Morgan fingerprint density at radius 3 is 2.00 bits per heavy atom. The molecule has 5 nitrogen and oxygen atoms in total. The van der Waals surface area contributed by atoms with Crippen molar-refractivity contribution in [3.63, 3.8) is 0 Å². The number of carbonyl (C=O) groups is 1. The minimum Gasteiger partial charge on any atom is -0.354 e. The van der Waals surface area contributed by atoms with Crippen LogP contribution in [0.3, 0.4) is 0 Å². The van der Waals surface area contributed by atoms with E-state index in [1.165, 1.54) is 0 Å². The molecule has 1 aliphatic heterocycles. The second kappa shape index (κ2) is 10.3. The fourth-order valence-electron chi connectivity index (χ4n) is 4.57. The highest BCUT2D eigenvalue weighted by Crippen LogP contribution is 2.26. The van der Waals surface area contributed by atoms with Crippen molar-refractivity contribution in [3.05, 3.63) is 114 Å². The zero-order valence-corrected chi connectivity index (χ0v) is 19.0. The van der Waals surface area contributed by atoms with Crippen molar-refractivity contribution in [2.45, 2.75) is 18.9 Å². The quantitative estimate of drug-likeness (QED) is 0.437. The lowest BCUT2D eigenvalue weighted by Crippen LogP contribution is -2.44. The first-order valence-electron chi connectivity index (χ1n) is 11.8. The van der Waals surface area contributed by atoms with Crippen molar-refractivity contribution in [3.8, 4) is 11.3 Å². The monoisotopic (exact) mass is 448 g/mol. The summed E-state index contributed by atoms with van der Waals surface area (Å²) in [5.74, 6) is 0.801. The number of anilines is 1. The van der Waals surface area contributed by atoms with E-state index in [0.29, 0.717) is 6.54 Å². The molecule has 0 aliphatic carbocycles. The zero-order chi connectivity index (χ0) is 23.2. The SMILES string of the molecule is O=C(NC(c1ccccc1)c1ccccc1)C1CCCN(c2ccc(-c3ccccc3)nn2)C1. The summed E-state index contributed by atoms with van der Waals surface area (Å²) in [4.78, 5) is 15.6. The van der Waals surface area contributed by atoms with Crippen molar-refractivity contribution in [1.82, 2.24) is 15.5 Å². The highest BCUT2D eigenvalue weighted by atomic mass is 16.2. The van der Waals surface area contributed by atoms with Gasteiger partial charge in [0.05, 0.1) is 17.7 Å². The molecule has 5 heteroatoms. The van der Waals surface area contributed by atoms with Gasteiger partial charge in [-0.15, -0.1) is 10.2 Å². The van der Waals surface area contributed by atoms with E-state index in [1.54, 1.807) is 0 Å². The number of benzene rings is 3. The molecule has 2 heterocycles. The van der Waals surface area contributed by atoms with E-state index in [-0.39, 0.29) is 17.9 Å². The first kappa shape index (κ1) is 21.8. The molecule has 4 aromatic rings. The summed E-state index contributed by atoms with van der Waals surface area (Å²) in [6, 6.07) is 34.2. The van der Waals surface area contributed by atoms with Crippen molar-refractivity contribution in [2.75, 3.05) is 18.0 Å². The minimum absolute atomic E-state index is 0.0799. The van der Waals surface area contributed by atoms with Crippen LogP contribution in [0.1, 0.15) is 30.0 Å². The third-order valence-electron chi connectivity index (χ3n) is 6.39. The molecule has 1 unspecified atom stereocenters. The van der Waals surface area contributed by atoms with Gasteiger partial charge < -0.3 is 10.2 Å². The van der Waals surface area contributed by atoms with E-state index in [1.807, 2.05) is 78.9 Å². The molecule has 0 spiro atoms. The molecule has 1 amide bonds. The third-order valence-corrected chi connectivity index (χ3v) is 6.39. The molecule has 34 heavy (non-hydrogen) atoms. The number of hydrogen-bond acceptors (Lipinski definition) is 4. The summed E-state index contributed by atoms with van der Waals surface area (Å²) in [5.41, 5.74) is 4.06. The molecule has 1 N–H and O–H groups in total. The van der Waals surface area contributed by atoms with Gasteiger partial charge in [0.2, 0.25) is 5.91 Å². The molecule has 0 saturated carbocycles. The smallest absolute Gasteiger partial charge is 0.225 e. The number of hydrogen-bond donors (Lipinski definition) is 1. The topological polar surface area (TPSA) is 58.1 Å². The molecule has 0 bridgehead atoms. The molecule has 1 atom stereocenters. The summed E-state index contributed by atoms with van der Waals surface area (Å²) in [5, 5.41) is 12.2. The Morgan fingerprint density at radius 2 is 1.41 bits per heavy atom. The van der Waals surface area contributed by atoms with Gasteiger partial charge in [0.25, 0.3) is 0 Å². The van der Waals surface area contributed by atoms with Crippen molar-refractivity contribution in [1.29, 1.82) is 0 Å². The Morgan fingerprint density at radius 1 is 0.794 bits per heavy atom. The molecule has 5 rings (SSSR count). The van der Waals surface area contributed by atoms with Crippen LogP contribution in [0.15, 0.2) is 103 Å². The normalized spacial score (nSPS) is 15.8. The summed E-state index contributed by atoms with van der Waals surface area (Å²) in [7, 11) is 0. The summed E-state index contributed by atoms with van der Waals surface area (Å²) < 4.78 is 0. The van der Waals surface area contributed by atoms with Gasteiger partial charge in [0.15, 0.2) is 5.82 Å². The predicted molar refractivity (Wildman–Crippen MR) is 135 cm³/mol. The Bertz CT molecular complexity index is 1160. The van der Waals surface area contributed by atoms with Gasteiger partial charge in [0, 0.05) is 18.7 Å². The van der Waals surface area contributed by atoms with Gasteiger partial charge in [-0.25, -0.2) is 0 Å². The first-order valence-corrected chi connectivity index (χ1v) is 11.8. The molecule has 1 fully saturated rings. The molecule has 1 aliphatic rings. The number of carbonyl (C=O) groups excluding carboxylic acids is 1. The number of rotatable bonds is 6. The van der Waals surface area contributed by atoms with Crippen LogP contribution in [0.5, 0.6) is 0 Å². The highest BCUT2D eigenvalue weighted by molar-refractivity contribution is 5.80. The molecule has 170 valence electrons. The van der Waals surface area contributed by atoms with E-state index >= 15 is 0 Å². The number of piperidine rings is 1. The van der Waals surface area contributed by atoms with Crippen LogP contribution in [0.2, 0.25) is 0 Å². The number of nitrogens with zero attached hydrogens (tertiary/aromatic N) is 3. The lowest BCUT2D eigenvalue weighted by molar-refractivity contribution is -0.125.